The van der Waals surface area contributed by atoms with Gasteiger partial charge in [-0.05, 0) is 23.8 Å². The van der Waals surface area contributed by atoms with Crippen LogP contribution in [0.5, 0.6) is 0 Å². The lowest BCUT2D eigenvalue weighted by molar-refractivity contribution is 0.631. The van der Waals surface area contributed by atoms with E-state index in [0.29, 0.717) is 5.56 Å². The van der Waals surface area contributed by atoms with E-state index in [1.54, 1.807) is 12.1 Å². The Hall–Kier alpha value is -1.83. The van der Waals surface area contributed by atoms with Crippen molar-refractivity contribution in [2.75, 3.05) is 0 Å². The van der Waals surface area contributed by atoms with Crippen molar-refractivity contribution >= 4 is 5.69 Å². The van der Waals surface area contributed by atoms with E-state index in [-0.39, 0.29) is 11.5 Å². The molecule has 1 nitrogen and oxygen atoms in total. The molecular formula is C12H9FN. The summed E-state index contributed by atoms with van der Waals surface area (Å²) in [6, 6.07) is 13.8. The van der Waals surface area contributed by atoms with E-state index in [4.69, 9.17) is 5.73 Å². The third kappa shape index (κ3) is 1.59. The van der Waals surface area contributed by atoms with Gasteiger partial charge in [0.15, 0.2) is 0 Å². The first-order valence-corrected chi connectivity index (χ1v) is 4.34. The molecule has 0 saturated carbocycles. The van der Waals surface area contributed by atoms with Gasteiger partial charge in [0.05, 0.1) is 5.69 Å². The van der Waals surface area contributed by atoms with Crippen molar-refractivity contribution in [3.05, 3.63) is 54.3 Å². The first-order chi connectivity index (χ1) is 6.77. The van der Waals surface area contributed by atoms with Gasteiger partial charge in [-0.2, -0.15) is 0 Å². The third-order valence-electron chi connectivity index (χ3n) is 2.05. The van der Waals surface area contributed by atoms with E-state index in [1.165, 1.54) is 6.07 Å². The SMILES string of the molecule is [NH]c1ccc(-c2ccccc2)c(F)c1. The van der Waals surface area contributed by atoms with E-state index < -0.39 is 0 Å². The first kappa shape index (κ1) is 8.75. The molecule has 1 N–H and O–H groups in total. The second kappa shape index (κ2) is 3.50. The highest BCUT2D eigenvalue weighted by molar-refractivity contribution is 5.65. The maximum Gasteiger partial charge on any atom is 0.133 e. The summed E-state index contributed by atoms with van der Waals surface area (Å²) in [5, 5.41) is 0. The van der Waals surface area contributed by atoms with Crippen molar-refractivity contribution < 1.29 is 4.39 Å². The lowest BCUT2D eigenvalue weighted by Crippen LogP contribution is -1.83. The van der Waals surface area contributed by atoms with Crippen LogP contribution in [-0.2, 0) is 0 Å². The molecule has 0 aromatic heterocycles. The van der Waals surface area contributed by atoms with Crippen LogP contribution in [0.25, 0.3) is 11.1 Å². The van der Waals surface area contributed by atoms with Crippen LogP contribution in [0.15, 0.2) is 48.5 Å². The van der Waals surface area contributed by atoms with Gasteiger partial charge in [-0.15, -0.1) is 0 Å². The molecule has 0 aliphatic heterocycles. The van der Waals surface area contributed by atoms with Crippen molar-refractivity contribution in [3.8, 4) is 11.1 Å². The van der Waals surface area contributed by atoms with E-state index in [0.717, 1.165) is 5.56 Å². The fourth-order valence-corrected chi connectivity index (χ4v) is 1.37. The van der Waals surface area contributed by atoms with Crippen molar-refractivity contribution in [1.82, 2.24) is 5.73 Å². The maximum atomic E-state index is 13.4. The van der Waals surface area contributed by atoms with Crippen LogP contribution in [0, 0.1) is 5.82 Å². The van der Waals surface area contributed by atoms with Gasteiger partial charge < -0.3 is 5.73 Å². The molecule has 0 saturated heterocycles. The molecule has 14 heavy (non-hydrogen) atoms. The molecule has 0 aliphatic rings. The molecule has 0 amide bonds. The Kier molecular flexibility index (Phi) is 2.19. The van der Waals surface area contributed by atoms with Crippen LogP contribution in [-0.4, -0.2) is 0 Å². The Morgan fingerprint density at radius 2 is 1.64 bits per heavy atom. The van der Waals surface area contributed by atoms with Crippen molar-refractivity contribution in [3.63, 3.8) is 0 Å². The molecule has 2 aromatic carbocycles. The third-order valence-corrected chi connectivity index (χ3v) is 2.05. The van der Waals surface area contributed by atoms with Gasteiger partial charge in [0.2, 0.25) is 0 Å². The van der Waals surface area contributed by atoms with Gasteiger partial charge in [0.1, 0.15) is 5.82 Å². The van der Waals surface area contributed by atoms with E-state index in [1.807, 2.05) is 30.3 Å². The zero-order valence-electron chi connectivity index (χ0n) is 7.50. The Labute approximate surface area is 82.0 Å². The summed E-state index contributed by atoms with van der Waals surface area (Å²) >= 11 is 0. The molecular weight excluding hydrogens is 177 g/mol. The molecule has 69 valence electrons. The molecule has 0 fully saturated rings. The fraction of sp³-hybridized carbons (Fsp3) is 0. The monoisotopic (exact) mass is 186 g/mol. The van der Waals surface area contributed by atoms with Gasteiger partial charge in [0.25, 0.3) is 0 Å². The highest BCUT2D eigenvalue weighted by Gasteiger charge is 2.03. The second-order valence-electron chi connectivity index (χ2n) is 3.06. The molecule has 2 rings (SSSR count). The quantitative estimate of drug-likeness (QED) is 0.651. The first-order valence-electron chi connectivity index (χ1n) is 4.34. The predicted molar refractivity (Wildman–Crippen MR) is 54.6 cm³/mol. The number of benzene rings is 2. The van der Waals surface area contributed by atoms with Crippen LogP contribution < -0.4 is 5.73 Å². The predicted octanol–water partition coefficient (Wildman–Crippen LogP) is 3.41. The van der Waals surface area contributed by atoms with Gasteiger partial charge in [-0.3, -0.25) is 0 Å². The molecule has 2 heteroatoms. The summed E-state index contributed by atoms with van der Waals surface area (Å²) in [6.45, 7) is 0. The Morgan fingerprint density at radius 1 is 0.929 bits per heavy atom. The molecule has 0 spiro atoms. The van der Waals surface area contributed by atoms with Crippen LogP contribution in [0.3, 0.4) is 0 Å². The minimum atomic E-state index is -0.344. The second-order valence-corrected chi connectivity index (χ2v) is 3.06. The zero-order valence-corrected chi connectivity index (χ0v) is 7.50. The number of hydrogen-bond donors (Lipinski definition) is 0. The van der Waals surface area contributed by atoms with Gasteiger partial charge in [-0.1, -0.05) is 30.3 Å². The van der Waals surface area contributed by atoms with Crippen molar-refractivity contribution in [1.29, 1.82) is 0 Å². The maximum absolute atomic E-state index is 13.4. The largest absolute Gasteiger partial charge is 0.301 e. The summed E-state index contributed by atoms with van der Waals surface area (Å²) in [5.41, 5.74) is 8.83. The van der Waals surface area contributed by atoms with Crippen LogP contribution in [0.2, 0.25) is 0 Å². The number of halogens is 1. The van der Waals surface area contributed by atoms with Crippen molar-refractivity contribution in [2.24, 2.45) is 0 Å². The molecule has 0 bridgehead atoms. The van der Waals surface area contributed by atoms with Crippen LogP contribution >= 0.6 is 0 Å². The Bertz CT molecular complexity index is 437. The standard InChI is InChI=1S/C12H9FN/c13-12-8-10(14)6-7-11(12)9-4-2-1-3-5-9/h1-8,14H. The summed E-state index contributed by atoms with van der Waals surface area (Å²) < 4.78 is 13.4. The van der Waals surface area contributed by atoms with Gasteiger partial charge >= 0.3 is 0 Å². The topological polar surface area (TPSA) is 23.8 Å². The summed E-state index contributed by atoms with van der Waals surface area (Å²) in [7, 11) is 0. The van der Waals surface area contributed by atoms with E-state index in [2.05, 4.69) is 0 Å². The molecule has 2 aromatic rings. The van der Waals surface area contributed by atoms with E-state index in [9.17, 15) is 4.39 Å². The number of nitrogens with one attached hydrogen (secondary N) is 1. The minimum Gasteiger partial charge on any atom is -0.301 e. The molecule has 0 unspecified atom stereocenters. The van der Waals surface area contributed by atoms with Crippen molar-refractivity contribution in [2.45, 2.75) is 0 Å². The lowest BCUT2D eigenvalue weighted by Gasteiger charge is -2.03. The molecule has 1 radical (unpaired) electrons. The summed E-state index contributed by atoms with van der Waals surface area (Å²) in [5.74, 6) is -0.344. The van der Waals surface area contributed by atoms with Crippen LogP contribution in [0.1, 0.15) is 0 Å². The Balaban J connectivity index is 2.53. The number of hydrogen-bond acceptors (Lipinski definition) is 0. The van der Waals surface area contributed by atoms with Gasteiger partial charge in [-0.25, -0.2) is 4.39 Å². The smallest absolute Gasteiger partial charge is 0.133 e. The highest BCUT2D eigenvalue weighted by atomic mass is 19.1. The summed E-state index contributed by atoms with van der Waals surface area (Å²) in [4.78, 5) is 0. The van der Waals surface area contributed by atoms with Gasteiger partial charge in [0, 0.05) is 5.56 Å². The van der Waals surface area contributed by atoms with Crippen LogP contribution in [0.4, 0.5) is 10.1 Å². The zero-order chi connectivity index (χ0) is 9.97. The fourth-order valence-electron chi connectivity index (χ4n) is 1.37. The number of rotatable bonds is 1. The summed E-state index contributed by atoms with van der Waals surface area (Å²) in [6.07, 6.45) is 0. The molecule has 0 heterocycles. The Morgan fingerprint density at radius 3 is 2.29 bits per heavy atom. The van der Waals surface area contributed by atoms with E-state index >= 15 is 0 Å². The average Bonchev–Trinajstić information content (AvgIpc) is 2.19. The normalized spacial score (nSPS) is 10.1. The minimum absolute atomic E-state index is 0.196. The molecule has 0 atom stereocenters. The average molecular weight is 186 g/mol. The lowest BCUT2D eigenvalue weighted by atomic mass is 10.1. The molecule has 0 aliphatic carbocycles. The highest BCUT2D eigenvalue weighted by Crippen LogP contribution is 2.24.